The highest BCUT2D eigenvalue weighted by Crippen LogP contribution is 2.35. The summed E-state index contributed by atoms with van der Waals surface area (Å²) in [6.45, 7) is 0.183. The van der Waals surface area contributed by atoms with Gasteiger partial charge in [-0.05, 0) is 65.9 Å². The zero-order valence-electron chi connectivity index (χ0n) is 16.5. The Hall–Kier alpha value is -2.87. The third-order valence-electron chi connectivity index (χ3n) is 4.62. The molecule has 3 aromatic rings. The van der Waals surface area contributed by atoms with Crippen molar-refractivity contribution in [1.29, 1.82) is 0 Å². The molecule has 0 atom stereocenters. The van der Waals surface area contributed by atoms with Crippen LogP contribution >= 0.6 is 39.3 Å². The van der Waals surface area contributed by atoms with Gasteiger partial charge in [-0.25, -0.2) is 4.79 Å². The van der Waals surface area contributed by atoms with E-state index in [9.17, 15) is 14.4 Å². The van der Waals surface area contributed by atoms with Gasteiger partial charge in [0.1, 0.15) is 5.75 Å². The second kappa shape index (κ2) is 9.73. The number of esters is 1. The molecule has 0 N–H and O–H groups in total. The van der Waals surface area contributed by atoms with Gasteiger partial charge in [0.2, 0.25) is 0 Å². The molecule has 0 aliphatic carbocycles. The van der Waals surface area contributed by atoms with Crippen LogP contribution in [0, 0.1) is 0 Å². The Morgan fingerprint density at radius 2 is 1.69 bits per heavy atom. The molecule has 5 nitrogen and oxygen atoms in total. The van der Waals surface area contributed by atoms with Crippen molar-refractivity contribution in [2.45, 2.75) is 6.54 Å². The molecule has 0 saturated carbocycles. The highest BCUT2D eigenvalue weighted by molar-refractivity contribution is 9.10. The summed E-state index contributed by atoms with van der Waals surface area (Å²) in [6, 6.07) is 20.6. The molecule has 2 amide bonds. The summed E-state index contributed by atoms with van der Waals surface area (Å²) in [5, 5.41) is 0.167. The first-order chi connectivity index (χ1) is 15.4. The summed E-state index contributed by atoms with van der Waals surface area (Å²) in [5.74, 6) is -0.653. The number of nitrogens with zero attached hydrogens (tertiary/aromatic N) is 1. The summed E-state index contributed by atoms with van der Waals surface area (Å²) in [6.07, 6.45) is 1.57. The number of thioether (sulfide) groups is 1. The lowest BCUT2D eigenvalue weighted by molar-refractivity contribution is -0.123. The highest BCUT2D eigenvalue weighted by Gasteiger charge is 2.35. The first-order valence-corrected chi connectivity index (χ1v) is 11.5. The van der Waals surface area contributed by atoms with Crippen molar-refractivity contribution in [3.8, 4) is 5.75 Å². The van der Waals surface area contributed by atoms with Gasteiger partial charge in [0.15, 0.2) is 0 Å². The highest BCUT2D eigenvalue weighted by atomic mass is 79.9. The molecule has 0 bridgehead atoms. The molecular formula is C24H15BrClNO4S. The number of imide groups is 1. The van der Waals surface area contributed by atoms with Crippen LogP contribution in [0.4, 0.5) is 4.79 Å². The maximum atomic E-state index is 12.9. The summed E-state index contributed by atoms with van der Waals surface area (Å²) in [4.78, 5) is 39.3. The molecule has 0 aromatic heterocycles. The van der Waals surface area contributed by atoms with Crippen LogP contribution in [0.3, 0.4) is 0 Å². The molecule has 0 unspecified atom stereocenters. The monoisotopic (exact) mass is 527 g/mol. The maximum Gasteiger partial charge on any atom is 0.343 e. The summed E-state index contributed by atoms with van der Waals surface area (Å²) >= 11 is 10.1. The van der Waals surface area contributed by atoms with E-state index >= 15 is 0 Å². The zero-order valence-corrected chi connectivity index (χ0v) is 19.6. The minimum absolute atomic E-state index is 0.183. The van der Waals surface area contributed by atoms with Gasteiger partial charge in [-0.15, -0.1) is 0 Å². The summed E-state index contributed by atoms with van der Waals surface area (Å²) < 4.78 is 6.44. The molecule has 0 spiro atoms. The Balaban J connectivity index is 1.54. The van der Waals surface area contributed by atoms with Crippen molar-refractivity contribution in [1.82, 2.24) is 4.90 Å². The fourth-order valence-electron chi connectivity index (χ4n) is 2.99. The number of rotatable bonds is 5. The molecule has 3 aromatic carbocycles. The van der Waals surface area contributed by atoms with E-state index in [0.29, 0.717) is 16.1 Å². The van der Waals surface area contributed by atoms with E-state index in [2.05, 4.69) is 15.9 Å². The van der Waals surface area contributed by atoms with Gasteiger partial charge in [-0.3, -0.25) is 14.5 Å². The minimum atomic E-state index is -0.550. The van der Waals surface area contributed by atoms with Crippen LogP contribution in [0.5, 0.6) is 5.75 Å². The first-order valence-electron chi connectivity index (χ1n) is 9.47. The average molecular weight is 529 g/mol. The molecule has 1 heterocycles. The van der Waals surface area contributed by atoms with Crippen LogP contribution in [0.15, 0.2) is 82.2 Å². The summed E-state index contributed by atoms with van der Waals surface area (Å²) in [7, 11) is 0. The standard InChI is InChI=1S/C24H15BrClNO4S/c25-18-9-5-15(6-10-18)14-27-22(28)21(32-24(27)30)13-17-3-1-2-4-20(17)31-23(29)16-7-11-19(26)12-8-16/h1-13H,14H2/b21-13-. The zero-order chi connectivity index (χ0) is 22.7. The molecule has 8 heteroatoms. The molecule has 32 heavy (non-hydrogen) atoms. The summed E-state index contributed by atoms with van der Waals surface area (Å²) in [5.41, 5.74) is 1.71. The van der Waals surface area contributed by atoms with Crippen molar-refractivity contribution in [2.75, 3.05) is 0 Å². The van der Waals surface area contributed by atoms with Gasteiger partial charge in [0, 0.05) is 15.1 Å². The minimum Gasteiger partial charge on any atom is -0.422 e. The van der Waals surface area contributed by atoms with Crippen molar-refractivity contribution >= 4 is 62.5 Å². The number of carbonyl (C=O) groups is 3. The van der Waals surface area contributed by atoms with E-state index in [4.69, 9.17) is 16.3 Å². The Labute approximate surface area is 202 Å². The Morgan fingerprint density at radius 1 is 1.00 bits per heavy atom. The average Bonchev–Trinajstić information content (AvgIpc) is 3.04. The Morgan fingerprint density at radius 3 is 2.41 bits per heavy atom. The van der Waals surface area contributed by atoms with E-state index in [1.54, 1.807) is 54.6 Å². The number of ether oxygens (including phenoxy) is 1. The fourth-order valence-corrected chi connectivity index (χ4v) is 4.21. The number of benzene rings is 3. The predicted molar refractivity (Wildman–Crippen MR) is 129 cm³/mol. The molecule has 1 aliphatic rings. The normalized spacial score (nSPS) is 14.8. The van der Waals surface area contributed by atoms with Crippen LogP contribution in [0.25, 0.3) is 6.08 Å². The van der Waals surface area contributed by atoms with Gasteiger partial charge in [0.05, 0.1) is 17.0 Å². The molecule has 1 saturated heterocycles. The number of carbonyl (C=O) groups excluding carboxylic acids is 3. The van der Waals surface area contributed by atoms with Crippen molar-refractivity contribution < 1.29 is 19.1 Å². The molecule has 1 aliphatic heterocycles. The van der Waals surface area contributed by atoms with Gasteiger partial charge >= 0.3 is 5.97 Å². The smallest absolute Gasteiger partial charge is 0.343 e. The third-order valence-corrected chi connectivity index (χ3v) is 6.30. The van der Waals surface area contributed by atoms with Crippen LogP contribution in [-0.4, -0.2) is 22.0 Å². The molecule has 1 fully saturated rings. The van der Waals surface area contributed by atoms with E-state index in [1.807, 2.05) is 24.3 Å². The van der Waals surface area contributed by atoms with E-state index in [1.165, 1.54) is 4.90 Å². The van der Waals surface area contributed by atoms with Gasteiger partial charge < -0.3 is 4.74 Å². The lowest BCUT2D eigenvalue weighted by Gasteiger charge is -2.12. The lowest BCUT2D eigenvalue weighted by Crippen LogP contribution is -2.27. The second-order valence-corrected chi connectivity index (χ2v) is 9.17. The van der Waals surface area contributed by atoms with Gasteiger partial charge in [-0.1, -0.05) is 57.9 Å². The molecular weight excluding hydrogens is 514 g/mol. The molecule has 160 valence electrons. The number of hydrogen-bond acceptors (Lipinski definition) is 5. The number of para-hydroxylation sites is 1. The quantitative estimate of drug-likeness (QED) is 0.213. The van der Waals surface area contributed by atoms with Crippen molar-refractivity contribution in [2.24, 2.45) is 0 Å². The van der Waals surface area contributed by atoms with E-state index < -0.39 is 5.97 Å². The number of halogens is 2. The Bertz CT molecular complexity index is 1230. The van der Waals surface area contributed by atoms with Crippen molar-refractivity contribution in [3.05, 3.63) is 104 Å². The fraction of sp³-hybridized carbons (Fsp3) is 0.0417. The maximum absolute atomic E-state index is 12.9. The van der Waals surface area contributed by atoms with Crippen LogP contribution < -0.4 is 4.74 Å². The first kappa shape index (κ1) is 22.3. The Kier molecular flexibility index (Phi) is 6.79. The SMILES string of the molecule is O=C(Oc1ccccc1/C=C1\SC(=O)N(Cc2ccc(Br)cc2)C1=O)c1ccc(Cl)cc1. The van der Waals surface area contributed by atoms with Gasteiger partial charge in [0.25, 0.3) is 11.1 Å². The largest absolute Gasteiger partial charge is 0.422 e. The third kappa shape index (κ3) is 5.12. The van der Waals surface area contributed by atoms with Gasteiger partial charge in [-0.2, -0.15) is 0 Å². The van der Waals surface area contributed by atoms with Crippen LogP contribution in [0.2, 0.25) is 5.02 Å². The van der Waals surface area contributed by atoms with Crippen LogP contribution in [0.1, 0.15) is 21.5 Å². The topological polar surface area (TPSA) is 63.7 Å². The second-order valence-electron chi connectivity index (χ2n) is 6.83. The number of amides is 2. The van der Waals surface area contributed by atoms with E-state index in [-0.39, 0.29) is 28.3 Å². The molecule has 0 radical (unpaired) electrons. The number of hydrogen-bond donors (Lipinski definition) is 0. The molecule has 4 rings (SSSR count). The van der Waals surface area contributed by atoms with E-state index in [0.717, 1.165) is 21.8 Å². The van der Waals surface area contributed by atoms with Crippen molar-refractivity contribution in [3.63, 3.8) is 0 Å². The predicted octanol–water partition coefficient (Wildman–Crippen LogP) is 6.56. The lowest BCUT2D eigenvalue weighted by atomic mass is 10.1. The van der Waals surface area contributed by atoms with Crippen LogP contribution in [-0.2, 0) is 11.3 Å².